The number of thioether (sulfide) groups is 1. The number of hydrogen-bond donors (Lipinski definition) is 2. The molecule has 1 aromatic carbocycles. The van der Waals surface area contributed by atoms with Crippen LogP contribution in [0, 0.1) is 18.8 Å². The largest absolute Gasteiger partial charge is 0.388 e. The van der Waals surface area contributed by atoms with Gasteiger partial charge in [0.2, 0.25) is 0 Å². The molecule has 0 spiro atoms. The molecule has 4 heteroatoms. The summed E-state index contributed by atoms with van der Waals surface area (Å²) in [5.74, 6) is 1.92. The maximum absolute atomic E-state index is 11.9. The standard InChI is InChI=1S/C17H21NS.C10H18FN.2H2/c1-7-15(14(5)19-12(2)3)10-16-11-17(18-6)9-8-13(16)4;11-3-4-12-10-6-8-1-2-9(5-8)7-10;;/h7-11,18H,1-2,5H2,3-4,6H3;8-10,12H,1-7H2;2*1H/b15-10+;;;/t;8-,9+,10?;;. The summed E-state index contributed by atoms with van der Waals surface area (Å²) in [6, 6.07) is 6.93. The number of halogens is 1. The Morgan fingerprint density at radius 2 is 1.90 bits per heavy atom. The van der Waals surface area contributed by atoms with Crippen LogP contribution in [-0.2, 0) is 0 Å². The van der Waals surface area contributed by atoms with Crippen LogP contribution in [0.15, 0.2) is 59.4 Å². The van der Waals surface area contributed by atoms with Crippen molar-refractivity contribution in [2.75, 3.05) is 25.6 Å². The Hall–Kier alpha value is -1.78. The van der Waals surface area contributed by atoms with Crippen LogP contribution >= 0.6 is 11.8 Å². The minimum absolute atomic E-state index is 0. The van der Waals surface area contributed by atoms with Crippen molar-refractivity contribution in [2.24, 2.45) is 11.8 Å². The summed E-state index contributed by atoms with van der Waals surface area (Å²) in [4.78, 5) is 2.00. The summed E-state index contributed by atoms with van der Waals surface area (Å²) in [6.45, 7) is 16.3. The van der Waals surface area contributed by atoms with Crippen molar-refractivity contribution in [3.05, 3.63) is 70.5 Å². The Labute approximate surface area is 196 Å². The van der Waals surface area contributed by atoms with E-state index in [1.807, 2.05) is 20.0 Å². The zero-order valence-corrected chi connectivity index (χ0v) is 20.3. The van der Waals surface area contributed by atoms with Gasteiger partial charge in [-0.3, -0.25) is 0 Å². The van der Waals surface area contributed by atoms with Crippen LogP contribution in [0.5, 0.6) is 0 Å². The van der Waals surface area contributed by atoms with Crippen LogP contribution in [0.3, 0.4) is 0 Å². The first-order chi connectivity index (χ1) is 14.9. The topological polar surface area (TPSA) is 24.1 Å². The first-order valence-corrected chi connectivity index (χ1v) is 12.1. The normalized spacial score (nSPS) is 22.3. The lowest BCUT2D eigenvalue weighted by atomic mass is 9.85. The van der Waals surface area contributed by atoms with Crippen molar-refractivity contribution < 1.29 is 7.24 Å². The lowest BCUT2D eigenvalue weighted by Crippen LogP contribution is -2.35. The molecule has 3 atom stereocenters. The van der Waals surface area contributed by atoms with E-state index in [1.165, 1.54) is 43.2 Å². The summed E-state index contributed by atoms with van der Waals surface area (Å²) in [5, 5.41) is 6.45. The van der Waals surface area contributed by atoms with E-state index >= 15 is 0 Å². The van der Waals surface area contributed by atoms with E-state index in [4.69, 9.17) is 0 Å². The zero-order valence-electron chi connectivity index (χ0n) is 19.5. The van der Waals surface area contributed by atoms with Crippen molar-refractivity contribution in [2.45, 2.75) is 52.0 Å². The molecule has 1 unspecified atom stereocenters. The third kappa shape index (κ3) is 8.34. The van der Waals surface area contributed by atoms with Crippen LogP contribution in [-0.4, -0.2) is 26.3 Å². The molecule has 31 heavy (non-hydrogen) atoms. The highest BCUT2D eigenvalue weighted by Gasteiger charge is 2.33. The van der Waals surface area contributed by atoms with E-state index in [9.17, 15) is 4.39 Å². The molecule has 174 valence electrons. The second-order valence-corrected chi connectivity index (χ2v) is 10.1. The van der Waals surface area contributed by atoms with Crippen molar-refractivity contribution >= 4 is 23.5 Å². The van der Waals surface area contributed by atoms with E-state index in [2.05, 4.69) is 61.6 Å². The monoisotopic (exact) mass is 446 g/mol. The number of hydrogen-bond acceptors (Lipinski definition) is 3. The molecule has 2 aliphatic rings. The number of benzene rings is 1. The lowest BCUT2D eigenvalue weighted by molar-refractivity contribution is 0.275. The Morgan fingerprint density at radius 3 is 2.45 bits per heavy atom. The zero-order chi connectivity index (χ0) is 22.8. The molecular weight excluding hydrogens is 403 g/mol. The van der Waals surface area contributed by atoms with Gasteiger partial charge in [0.1, 0.15) is 6.67 Å². The molecule has 0 heterocycles. The molecule has 1 aromatic rings. The average Bonchev–Trinajstić information content (AvgIpc) is 3.09. The van der Waals surface area contributed by atoms with Crippen molar-refractivity contribution in [1.29, 1.82) is 0 Å². The molecular formula is C27H43FN2S. The molecule has 0 aliphatic heterocycles. The van der Waals surface area contributed by atoms with Crippen molar-refractivity contribution in [3.8, 4) is 0 Å². The number of allylic oxidation sites excluding steroid dienone is 3. The third-order valence-corrected chi connectivity index (χ3v) is 6.96. The second-order valence-electron chi connectivity index (χ2n) is 8.71. The summed E-state index contributed by atoms with van der Waals surface area (Å²) in [5.41, 5.74) is 4.53. The molecule has 0 amide bonds. The van der Waals surface area contributed by atoms with Gasteiger partial charge in [-0.2, -0.15) is 0 Å². The van der Waals surface area contributed by atoms with Crippen LogP contribution in [0.1, 0.15) is 53.0 Å². The van der Waals surface area contributed by atoms with Gasteiger partial charge in [0.15, 0.2) is 0 Å². The first kappa shape index (κ1) is 25.5. The van der Waals surface area contributed by atoms with Gasteiger partial charge in [-0.15, -0.1) is 0 Å². The van der Waals surface area contributed by atoms with E-state index in [-0.39, 0.29) is 9.53 Å². The Kier molecular flexibility index (Phi) is 10.6. The minimum Gasteiger partial charge on any atom is -0.388 e. The number of nitrogens with one attached hydrogen (secondary N) is 2. The van der Waals surface area contributed by atoms with Crippen LogP contribution < -0.4 is 10.6 Å². The Balaban J connectivity index is 0.000000632. The van der Waals surface area contributed by atoms with Crippen LogP contribution in [0.2, 0.25) is 0 Å². The highest BCUT2D eigenvalue weighted by molar-refractivity contribution is 8.06. The summed E-state index contributed by atoms with van der Waals surface area (Å²) < 4.78 is 11.9. The van der Waals surface area contributed by atoms with Crippen LogP contribution in [0.25, 0.3) is 6.08 Å². The number of anilines is 1. The van der Waals surface area contributed by atoms with Gasteiger partial charge in [0.05, 0.1) is 0 Å². The molecule has 2 bridgehead atoms. The van der Waals surface area contributed by atoms with Crippen LogP contribution in [0.4, 0.5) is 10.1 Å². The maximum Gasteiger partial charge on any atom is 0.102 e. The lowest BCUT2D eigenvalue weighted by Gasteiger charge is -2.28. The molecule has 0 saturated heterocycles. The van der Waals surface area contributed by atoms with Gasteiger partial charge in [-0.1, -0.05) is 56.5 Å². The van der Waals surface area contributed by atoms with E-state index in [0.717, 1.165) is 32.9 Å². The predicted octanol–water partition coefficient (Wildman–Crippen LogP) is 8.00. The van der Waals surface area contributed by atoms with E-state index < -0.39 is 0 Å². The average molecular weight is 447 g/mol. The van der Waals surface area contributed by atoms with Gasteiger partial charge < -0.3 is 10.6 Å². The third-order valence-electron chi connectivity index (χ3n) is 6.13. The summed E-state index contributed by atoms with van der Waals surface area (Å²) in [7, 11) is 1.92. The molecule has 0 aromatic heterocycles. The molecule has 2 aliphatic carbocycles. The van der Waals surface area contributed by atoms with Gasteiger partial charge in [0, 0.05) is 33.1 Å². The molecule has 2 nitrogen and oxygen atoms in total. The number of alkyl halides is 1. The Morgan fingerprint density at radius 1 is 1.23 bits per heavy atom. The number of aryl methyl sites for hydroxylation is 1. The van der Waals surface area contributed by atoms with Gasteiger partial charge >= 0.3 is 0 Å². The number of rotatable bonds is 9. The number of fused-ring (bicyclic) bond motifs is 2. The SMILES string of the molecule is C=C/C(=C\c1cc(NC)ccc1C)C(=C)SC(=C)C.FCCNC1C[C@H]2CC[C@@H](C1)C2.[HH].[HH]. The highest BCUT2D eigenvalue weighted by atomic mass is 32.2. The molecule has 3 rings (SSSR count). The first-order valence-electron chi connectivity index (χ1n) is 11.3. The fraction of sp³-hybridized carbons (Fsp3) is 0.481. The fourth-order valence-corrected chi connectivity index (χ4v) is 5.26. The summed E-state index contributed by atoms with van der Waals surface area (Å²) >= 11 is 1.58. The van der Waals surface area contributed by atoms with E-state index in [1.54, 1.807) is 11.8 Å². The quantitative estimate of drug-likeness (QED) is 0.376. The Bertz CT molecular complexity index is 797. The highest BCUT2D eigenvalue weighted by Crippen LogP contribution is 2.41. The molecule has 2 N–H and O–H groups in total. The molecule has 2 saturated carbocycles. The van der Waals surface area contributed by atoms with Gasteiger partial charge in [-0.25, -0.2) is 4.39 Å². The van der Waals surface area contributed by atoms with Crippen molar-refractivity contribution in [1.82, 2.24) is 5.32 Å². The predicted molar refractivity (Wildman–Crippen MR) is 143 cm³/mol. The fourth-order valence-electron chi connectivity index (χ4n) is 4.57. The molecule has 0 radical (unpaired) electrons. The molecule has 2 fully saturated rings. The van der Waals surface area contributed by atoms with Crippen molar-refractivity contribution in [3.63, 3.8) is 0 Å². The minimum atomic E-state index is -0.216. The summed E-state index contributed by atoms with van der Waals surface area (Å²) in [6.07, 6.45) is 10.9. The van der Waals surface area contributed by atoms with Gasteiger partial charge in [0.25, 0.3) is 0 Å². The van der Waals surface area contributed by atoms with Gasteiger partial charge in [-0.05, 0) is 84.8 Å². The smallest absolute Gasteiger partial charge is 0.102 e. The maximum atomic E-state index is 11.9. The van der Waals surface area contributed by atoms with E-state index in [0.29, 0.717) is 12.6 Å². The second kappa shape index (κ2) is 12.9.